The molecule has 0 aromatic carbocycles. The van der Waals surface area contributed by atoms with E-state index in [4.69, 9.17) is 9.47 Å². The number of aliphatic carboxylic acids is 1. The predicted octanol–water partition coefficient (Wildman–Crippen LogP) is 1.60. The second-order valence-electron chi connectivity index (χ2n) is 4.24. The van der Waals surface area contributed by atoms with E-state index in [2.05, 4.69) is 0 Å². The molecule has 5 heteroatoms. The number of Topliss-reactive ketones (excluding diaryl/α,β-unsaturated/α-hetero) is 1. The van der Waals surface area contributed by atoms with E-state index in [1.165, 1.54) is 0 Å². The number of rotatable bonds is 6. The average molecular weight is 244 g/mol. The predicted molar refractivity (Wildman–Crippen MR) is 60.6 cm³/mol. The maximum Gasteiger partial charge on any atom is 0.314 e. The van der Waals surface area contributed by atoms with E-state index in [-0.39, 0.29) is 5.78 Å². The Bertz CT molecular complexity index is 271. The lowest BCUT2D eigenvalue weighted by molar-refractivity contribution is -0.221. The summed E-state index contributed by atoms with van der Waals surface area (Å²) in [6.45, 7) is 4.40. The first-order chi connectivity index (χ1) is 8.06. The molecule has 0 heterocycles. The van der Waals surface area contributed by atoms with E-state index in [1.54, 1.807) is 13.8 Å². The quantitative estimate of drug-likeness (QED) is 0.718. The summed E-state index contributed by atoms with van der Waals surface area (Å²) >= 11 is 0. The van der Waals surface area contributed by atoms with Crippen LogP contribution in [0.5, 0.6) is 0 Å². The normalized spacial score (nSPS) is 19.6. The largest absolute Gasteiger partial charge is 0.481 e. The van der Waals surface area contributed by atoms with Crippen molar-refractivity contribution in [2.24, 2.45) is 5.41 Å². The minimum Gasteiger partial charge on any atom is -0.481 e. The number of carbonyl (C=O) groups is 2. The standard InChI is InChI=1S/C12H20O5/c1-3-16-11(17-4-2)12(10(14)15)7-5-9(13)6-8-12/h11H,3-8H2,1-2H3,(H,14,15). The molecule has 0 amide bonds. The zero-order valence-corrected chi connectivity index (χ0v) is 10.4. The molecular formula is C12H20O5. The van der Waals surface area contributed by atoms with Crippen LogP contribution in [0.2, 0.25) is 0 Å². The number of hydrogen-bond donors (Lipinski definition) is 1. The molecule has 1 aliphatic rings. The summed E-state index contributed by atoms with van der Waals surface area (Å²) in [5, 5.41) is 9.43. The second kappa shape index (κ2) is 6.12. The molecule has 0 spiro atoms. The number of ether oxygens (including phenoxy) is 2. The van der Waals surface area contributed by atoms with Gasteiger partial charge in [-0.3, -0.25) is 9.59 Å². The number of carboxylic acid groups (broad SMARTS) is 1. The highest BCUT2D eigenvalue weighted by atomic mass is 16.7. The third-order valence-electron chi connectivity index (χ3n) is 3.21. The molecule has 17 heavy (non-hydrogen) atoms. The smallest absolute Gasteiger partial charge is 0.314 e. The number of ketones is 1. The maximum atomic E-state index is 11.5. The van der Waals surface area contributed by atoms with Gasteiger partial charge < -0.3 is 14.6 Å². The Morgan fingerprint density at radius 2 is 1.76 bits per heavy atom. The van der Waals surface area contributed by atoms with Crippen molar-refractivity contribution in [1.82, 2.24) is 0 Å². The van der Waals surface area contributed by atoms with Crippen molar-refractivity contribution in [3.05, 3.63) is 0 Å². The molecule has 0 bridgehead atoms. The van der Waals surface area contributed by atoms with Gasteiger partial charge in [-0.1, -0.05) is 0 Å². The van der Waals surface area contributed by atoms with Gasteiger partial charge in [-0.2, -0.15) is 0 Å². The Morgan fingerprint density at radius 3 is 2.12 bits per heavy atom. The fourth-order valence-electron chi connectivity index (χ4n) is 2.20. The molecule has 0 aliphatic heterocycles. The monoisotopic (exact) mass is 244 g/mol. The zero-order chi connectivity index (χ0) is 12.9. The highest BCUT2D eigenvalue weighted by molar-refractivity contribution is 5.84. The summed E-state index contributed by atoms with van der Waals surface area (Å²) in [4.78, 5) is 22.7. The Labute approximate surface area is 101 Å². The van der Waals surface area contributed by atoms with Gasteiger partial charge in [0, 0.05) is 26.1 Å². The van der Waals surface area contributed by atoms with Gasteiger partial charge in [0.2, 0.25) is 0 Å². The van der Waals surface area contributed by atoms with Crippen molar-refractivity contribution >= 4 is 11.8 Å². The maximum absolute atomic E-state index is 11.5. The van der Waals surface area contributed by atoms with Gasteiger partial charge in [0.1, 0.15) is 11.2 Å². The third-order valence-corrected chi connectivity index (χ3v) is 3.21. The number of hydrogen-bond acceptors (Lipinski definition) is 4. The Balaban J connectivity index is 2.88. The molecule has 5 nitrogen and oxygen atoms in total. The van der Waals surface area contributed by atoms with Crippen LogP contribution in [0, 0.1) is 5.41 Å². The van der Waals surface area contributed by atoms with E-state index in [0.717, 1.165) is 0 Å². The molecule has 0 radical (unpaired) electrons. The molecule has 0 saturated heterocycles. The Hall–Kier alpha value is -0.940. The summed E-state index contributed by atoms with van der Waals surface area (Å²) < 4.78 is 10.8. The van der Waals surface area contributed by atoms with Crippen molar-refractivity contribution in [2.75, 3.05) is 13.2 Å². The number of carboxylic acids is 1. The van der Waals surface area contributed by atoms with Crippen molar-refractivity contribution in [2.45, 2.75) is 45.8 Å². The molecule has 0 atom stereocenters. The highest BCUT2D eigenvalue weighted by Crippen LogP contribution is 2.40. The molecular weight excluding hydrogens is 224 g/mol. The van der Waals surface area contributed by atoms with Gasteiger partial charge >= 0.3 is 5.97 Å². The van der Waals surface area contributed by atoms with Gasteiger partial charge in [-0.05, 0) is 26.7 Å². The Kier molecular flexibility index (Phi) is 5.08. The van der Waals surface area contributed by atoms with Crippen molar-refractivity contribution in [3.63, 3.8) is 0 Å². The summed E-state index contributed by atoms with van der Waals surface area (Å²) in [6, 6.07) is 0. The molecule has 0 unspecified atom stereocenters. The molecule has 1 N–H and O–H groups in total. The topological polar surface area (TPSA) is 72.8 Å². The average Bonchev–Trinajstić information content (AvgIpc) is 2.30. The molecule has 1 rings (SSSR count). The highest BCUT2D eigenvalue weighted by Gasteiger charge is 2.49. The second-order valence-corrected chi connectivity index (χ2v) is 4.24. The molecule has 0 aromatic rings. The van der Waals surface area contributed by atoms with Crippen LogP contribution in [0.4, 0.5) is 0 Å². The summed E-state index contributed by atoms with van der Waals surface area (Å²) in [7, 11) is 0. The summed E-state index contributed by atoms with van der Waals surface area (Å²) in [5.41, 5.74) is -1.07. The summed E-state index contributed by atoms with van der Waals surface area (Å²) in [5.74, 6) is -0.814. The first-order valence-electron chi connectivity index (χ1n) is 6.05. The van der Waals surface area contributed by atoms with Crippen LogP contribution in [0.1, 0.15) is 39.5 Å². The first-order valence-corrected chi connectivity index (χ1v) is 6.05. The fraction of sp³-hybridized carbons (Fsp3) is 0.833. The lowest BCUT2D eigenvalue weighted by Gasteiger charge is -2.38. The van der Waals surface area contributed by atoms with Crippen molar-refractivity contribution in [3.8, 4) is 0 Å². The minimum atomic E-state index is -1.07. The van der Waals surface area contributed by atoms with Crippen molar-refractivity contribution < 1.29 is 24.2 Å². The zero-order valence-electron chi connectivity index (χ0n) is 10.4. The third kappa shape index (κ3) is 3.04. The Morgan fingerprint density at radius 1 is 1.29 bits per heavy atom. The molecule has 1 saturated carbocycles. The van der Waals surface area contributed by atoms with Crippen LogP contribution in [0.25, 0.3) is 0 Å². The fourth-order valence-corrected chi connectivity index (χ4v) is 2.20. The van der Waals surface area contributed by atoms with Crippen LogP contribution in [0.15, 0.2) is 0 Å². The van der Waals surface area contributed by atoms with Gasteiger partial charge in [0.15, 0.2) is 6.29 Å². The van der Waals surface area contributed by atoms with Crippen LogP contribution in [-0.4, -0.2) is 36.4 Å². The SMILES string of the molecule is CCOC(OCC)C1(C(=O)O)CCC(=O)CC1. The van der Waals surface area contributed by atoms with Gasteiger partial charge in [-0.15, -0.1) is 0 Å². The molecule has 0 aromatic heterocycles. The van der Waals surface area contributed by atoms with E-state index in [9.17, 15) is 14.7 Å². The molecule has 1 aliphatic carbocycles. The number of carbonyl (C=O) groups excluding carboxylic acids is 1. The molecule has 1 fully saturated rings. The van der Waals surface area contributed by atoms with Crippen LogP contribution in [-0.2, 0) is 19.1 Å². The van der Waals surface area contributed by atoms with Gasteiger partial charge in [0.05, 0.1) is 0 Å². The van der Waals surface area contributed by atoms with Crippen molar-refractivity contribution in [1.29, 1.82) is 0 Å². The van der Waals surface area contributed by atoms with E-state index in [0.29, 0.717) is 38.9 Å². The van der Waals surface area contributed by atoms with E-state index in [1.807, 2.05) is 0 Å². The lowest BCUT2D eigenvalue weighted by Crippen LogP contribution is -2.48. The lowest BCUT2D eigenvalue weighted by atomic mass is 9.73. The van der Waals surface area contributed by atoms with Crippen LogP contribution >= 0.6 is 0 Å². The van der Waals surface area contributed by atoms with Crippen LogP contribution < -0.4 is 0 Å². The summed E-state index contributed by atoms with van der Waals surface area (Å²) in [6.07, 6.45) is 0.423. The molecule has 98 valence electrons. The van der Waals surface area contributed by atoms with Crippen LogP contribution in [0.3, 0.4) is 0 Å². The van der Waals surface area contributed by atoms with Gasteiger partial charge in [0.25, 0.3) is 0 Å². The van der Waals surface area contributed by atoms with Gasteiger partial charge in [-0.25, -0.2) is 0 Å². The first kappa shape index (κ1) is 14.1. The minimum absolute atomic E-state index is 0.119. The van der Waals surface area contributed by atoms with E-state index < -0.39 is 17.7 Å². The van der Waals surface area contributed by atoms with E-state index >= 15 is 0 Å².